The van der Waals surface area contributed by atoms with Crippen LogP contribution in [0.5, 0.6) is 5.88 Å². The van der Waals surface area contributed by atoms with E-state index in [9.17, 15) is 0 Å². The number of hydrogen-bond donors (Lipinski definition) is 1. The fourth-order valence-corrected chi connectivity index (χ4v) is 2.20. The summed E-state index contributed by atoms with van der Waals surface area (Å²) in [7, 11) is 1.77. The van der Waals surface area contributed by atoms with Gasteiger partial charge in [-0.2, -0.15) is 4.98 Å². The molecule has 1 aliphatic rings. The molecule has 0 atom stereocenters. The largest absolute Gasteiger partial charge is 0.473 e. The molecule has 0 spiro atoms. The van der Waals surface area contributed by atoms with Crippen molar-refractivity contribution in [3.63, 3.8) is 0 Å². The van der Waals surface area contributed by atoms with Crippen molar-refractivity contribution < 1.29 is 4.74 Å². The maximum absolute atomic E-state index is 6.02. The van der Waals surface area contributed by atoms with Gasteiger partial charge in [0.2, 0.25) is 11.8 Å². The second kappa shape index (κ2) is 5.54. The molecule has 1 fully saturated rings. The predicted octanol–water partition coefficient (Wildman–Crippen LogP) is 3.13. The van der Waals surface area contributed by atoms with Crippen LogP contribution in [0.3, 0.4) is 0 Å². The summed E-state index contributed by atoms with van der Waals surface area (Å²) in [6.07, 6.45) is 6.40. The van der Waals surface area contributed by atoms with Crippen LogP contribution in [0.2, 0.25) is 5.02 Å². The molecule has 0 aromatic carbocycles. The van der Waals surface area contributed by atoms with E-state index in [1.807, 2.05) is 0 Å². The molecule has 94 valence electrons. The average molecular weight is 256 g/mol. The third-order valence-electron chi connectivity index (χ3n) is 3.18. The predicted molar refractivity (Wildman–Crippen MR) is 68.6 cm³/mol. The van der Waals surface area contributed by atoms with E-state index in [0.717, 1.165) is 18.8 Å². The van der Waals surface area contributed by atoms with Gasteiger partial charge in [-0.3, -0.25) is 0 Å². The van der Waals surface area contributed by atoms with Gasteiger partial charge in [-0.25, -0.2) is 4.98 Å². The molecule has 17 heavy (non-hydrogen) atoms. The topological polar surface area (TPSA) is 47.0 Å². The van der Waals surface area contributed by atoms with E-state index in [1.165, 1.54) is 12.8 Å². The summed E-state index contributed by atoms with van der Waals surface area (Å²) in [4.78, 5) is 8.26. The van der Waals surface area contributed by atoms with Gasteiger partial charge < -0.3 is 10.1 Å². The highest BCUT2D eigenvalue weighted by atomic mass is 35.5. The molecule has 0 unspecified atom stereocenters. The number of ether oxygens (including phenoxy) is 1. The van der Waals surface area contributed by atoms with E-state index in [-0.39, 0.29) is 6.10 Å². The van der Waals surface area contributed by atoms with E-state index in [4.69, 9.17) is 16.3 Å². The van der Waals surface area contributed by atoms with Gasteiger partial charge in [0, 0.05) is 7.05 Å². The Hall–Kier alpha value is -1.03. The Labute approximate surface area is 107 Å². The van der Waals surface area contributed by atoms with Crippen LogP contribution in [0, 0.1) is 5.92 Å². The van der Waals surface area contributed by atoms with Crippen LogP contribution < -0.4 is 10.1 Å². The van der Waals surface area contributed by atoms with Crippen LogP contribution in [0.15, 0.2) is 6.20 Å². The van der Waals surface area contributed by atoms with Crippen LogP contribution in [-0.4, -0.2) is 23.1 Å². The van der Waals surface area contributed by atoms with Gasteiger partial charge in [0.15, 0.2) is 0 Å². The fraction of sp³-hybridized carbons (Fsp3) is 0.667. The van der Waals surface area contributed by atoms with Crippen molar-refractivity contribution >= 4 is 17.5 Å². The van der Waals surface area contributed by atoms with Crippen molar-refractivity contribution in [3.05, 3.63) is 11.2 Å². The van der Waals surface area contributed by atoms with Crippen LogP contribution in [-0.2, 0) is 0 Å². The van der Waals surface area contributed by atoms with Gasteiger partial charge in [0.05, 0.1) is 6.20 Å². The maximum atomic E-state index is 6.02. The first kappa shape index (κ1) is 12.4. The van der Waals surface area contributed by atoms with Crippen LogP contribution in [0.25, 0.3) is 0 Å². The minimum Gasteiger partial charge on any atom is -0.473 e. The second-order valence-electron chi connectivity index (χ2n) is 4.60. The molecule has 0 radical (unpaired) electrons. The lowest BCUT2D eigenvalue weighted by Crippen LogP contribution is -2.23. The molecular formula is C12H18ClN3O. The number of nitrogens with zero attached hydrogens (tertiary/aromatic N) is 2. The molecule has 1 saturated carbocycles. The number of anilines is 1. The lowest BCUT2D eigenvalue weighted by atomic mass is 9.89. The lowest BCUT2D eigenvalue weighted by Gasteiger charge is -2.26. The third kappa shape index (κ3) is 3.22. The molecule has 1 heterocycles. The molecule has 4 nitrogen and oxygen atoms in total. The average Bonchev–Trinajstić information content (AvgIpc) is 2.35. The first-order chi connectivity index (χ1) is 8.19. The molecule has 0 bridgehead atoms. The molecule has 1 aromatic heterocycles. The Bertz CT molecular complexity index is 378. The van der Waals surface area contributed by atoms with Crippen molar-refractivity contribution in [2.75, 3.05) is 12.4 Å². The smallest absolute Gasteiger partial charge is 0.237 e. The first-order valence-corrected chi connectivity index (χ1v) is 6.43. The van der Waals surface area contributed by atoms with Gasteiger partial charge in [-0.15, -0.1) is 0 Å². The molecule has 5 heteroatoms. The summed E-state index contributed by atoms with van der Waals surface area (Å²) in [5.41, 5.74) is 0. The zero-order valence-electron chi connectivity index (χ0n) is 10.2. The van der Waals surface area contributed by atoms with Gasteiger partial charge in [0.1, 0.15) is 11.1 Å². The molecule has 1 aliphatic carbocycles. The minimum absolute atomic E-state index is 0.239. The molecule has 0 amide bonds. The molecule has 1 aromatic rings. The third-order valence-corrected chi connectivity index (χ3v) is 3.44. The van der Waals surface area contributed by atoms with Crippen molar-refractivity contribution in [3.8, 4) is 5.88 Å². The number of halogens is 1. The fourth-order valence-electron chi connectivity index (χ4n) is 2.06. The van der Waals surface area contributed by atoms with Gasteiger partial charge >= 0.3 is 0 Å². The Morgan fingerprint density at radius 3 is 2.71 bits per heavy atom. The van der Waals surface area contributed by atoms with Gasteiger partial charge in [-0.05, 0) is 31.6 Å². The summed E-state index contributed by atoms with van der Waals surface area (Å²) in [6, 6.07) is 0. The summed E-state index contributed by atoms with van der Waals surface area (Å²) >= 11 is 6.02. The zero-order chi connectivity index (χ0) is 12.3. The second-order valence-corrected chi connectivity index (χ2v) is 5.00. The highest BCUT2D eigenvalue weighted by Gasteiger charge is 2.21. The van der Waals surface area contributed by atoms with Crippen molar-refractivity contribution in [2.24, 2.45) is 5.92 Å². The Morgan fingerprint density at radius 1 is 1.35 bits per heavy atom. The SMILES string of the molecule is CNc1ncc(Cl)c(OC2CCC(C)CC2)n1. The molecular weight excluding hydrogens is 238 g/mol. The van der Waals surface area contributed by atoms with Gasteiger partial charge in [-0.1, -0.05) is 18.5 Å². The molecule has 0 saturated heterocycles. The lowest BCUT2D eigenvalue weighted by molar-refractivity contribution is 0.130. The Kier molecular flexibility index (Phi) is 4.05. The van der Waals surface area contributed by atoms with Crippen LogP contribution in [0.1, 0.15) is 32.6 Å². The summed E-state index contributed by atoms with van der Waals surface area (Å²) in [5.74, 6) is 1.84. The molecule has 0 aliphatic heterocycles. The maximum Gasteiger partial charge on any atom is 0.237 e. The standard InChI is InChI=1S/C12H18ClN3O/c1-8-3-5-9(6-4-8)17-11-10(13)7-15-12(14-2)16-11/h7-9H,3-6H2,1-2H3,(H,14,15,16). The Balaban J connectivity index is 2.02. The van der Waals surface area contributed by atoms with Crippen LogP contribution >= 0.6 is 11.6 Å². The molecule has 1 N–H and O–H groups in total. The zero-order valence-corrected chi connectivity index (χ0v) is 11.0. The number of rotatable bonds is 3. The van der Waals surface area contributed by atoms with E-state index in [2.05, 4.69) is 22.2 Å². The minimum atomic E-state index is 0.239. The number of hydrogen-bond acceptors (Lipinski definition) is 4. The first-order valence-electron chi connectivity index (χ1n) is 6.06. The highest BCUT2D eigenvalue weighted by Crippen LogP contribution is 2.29. The van der Waals surface area contributed by atoms with Gasteiger partial charge in [0.25, 0.3) is 0 Å². The van der Waals surface area contributed by atoms with Crippen molar-refractivity contribution in [1.29, 1.82) is 0 Å². The highest BCUT2D eigenvalue weighted by molar-refractivity contribution is 6.31. The summed E-state index contributed by atoms with van der Waals surface area (Å²) in [5, 5.41) is 3.35. The monoisotopic (exact) mass is 255 g/mol. The van der Waals surface area contributed by atoms with Crippen molar-refractivity contribution in [2.45, 2.75) is 38.7 Å². The van der Waals surface area contributed by atoms with Crippen molar-refractivity contribution in [1.82, 2.24) is 9.97 Å². The van der Waals surface area contributed by atoms with E-state index in [1.54, 1.807) is 13.2 Å². The summed E-state index contributed by atoms with van der Waals surface area (Å²) in [6.45, 7) is 2.28. The van der Waals surface area contributed by atoms with E-state index in [0.29, 0.717) is 16.9 Å². The summed E-state index contributed by atoms with van der Waals surface area (Å²) < 4.78 is 5.85. The number of aromatic nitrogens is 2. The normalized spacial score (nSPS) is 24.4. The molecule has 2 rings (SSSR count). The Morgan fingerprint density at radius 2 is 2.06 bits per heavy atom. The van der Waals surface area contributed by atoms with Crippen LogP contribution in [0.4, 0.5) is 5.95 Å². The number of nitrogens with one attached hydrogen (secondary N) is 1. The quantitative estimate of drug-likeness (QED) is 0.902. The van der Waals surface area contributed by atoms with E-state index >= 15 is 0 Å². The van der Waals surface area contributed by atoms with E-state index < -0.39 is 0 Å².